The number of rotatable bonds is 1. The highest BCUT2D eigenvalue weighted by Gasteiger charge is 2.32. The fraction of sp³-hybridized carbons (Fsp3) is 0.571. The summed E-state index contributed by atoms with van der Waals surface area (Å²) >= 11 is 0. The molecule has 13 heavy (non-hydrogen) atoms. The predicted molar refractivity (Wildman–Crippen MR) is 48.7 cm³/mol. The molecule has 0 aliphatic carbocycles. The number of hydrogen-bond acceptors (Lipinski definition) is 5. The lowest BCUT2D eigenvalue weighted by atomic mass is 10.2. The van der Waals surface area contributed by atoms with Crippen molar-refractivity contribution in [1.82, 2.24) is 16.0 Å². The summed E-state index contributed by atoms with van der Waals surface area (Å²) in [4.78, 5) is 19.6. The number of nitrogens with one attached hydrogen (secondary N) is 3. The van der Waals surface area contributed by atoms with Gasteiger partial charge in [0.2, 0.25) is 0 Å². The summed E-state index contributed by atoms with van der Waals surface area (Å²) in [5.41, 5.74) is 0. The van der Waals surface area contributed by atoms with Crippen molar-refractivity contribution in [1.29, 1.82) is 0 Å². The van der Waals surface area contributed by atoms with Crippen molar-refractivity contribution >= 4 is 18.0 Å². The van der Waals surface area contributed by atoms with E-state index in [0.717, 1.165) is 0 Å². The van der Waals surface area contributed by atoms with Gasteiger partial charge < -0.3 is 10.6 Å². The van der Waals surface area contributed by atoms with E-state index in [-0.39, 0.29) is 12.2 Å². The van der Waals surface area contributed by atoms with Crippen molar-refractivity contribution in [3.05, 3.63) is 0 Å². The van der Waals surface area contributed by atoms with Gasteiger partial charge in [-0.3, -0.25) is 20.1 Å². The molecule has 0 aromatic rings. The predicted octanol–water partition coefficient (Wildman–Crippen LogP) is -1.94. The van der Waals surface area contributed by atoms with Crippen LogP contribution in [0.1, 0.15) is 0 Å². The van der Waals surface area contributed by atoms with Crippen LogP contribution in [0.3, 0.4) is 0 Å². The summed E-state index contributed by atoms with van der Waals surface area (Å²) in [6.07, 6.45) is 1.41. The lowest BCUT2D eigenvalue weighted by Crippen LogP contribution is -2.66. The highest BCUT2D eigenvalue weighted by molar-refractivity contribution is 6.11. The third kappa shape index (κ3) is 1.40. The van der Waals surface area contributed by atoms with Gasteiger partial charge in [-0.1, -0.05) is 0 Å². The molecule has 2 unspecified atom stereocenters. The molecule has 1 saturated heterocycles. The van der Waals surface area contributed by atoms with E-state index in [1.54, 1.807) is 13.3 Å². The Morgan fingerprint density at radius 3 is 3.23 bits per heavy atom. The molecule has 70 valence electrons. The Balaban J connectivity index is 2.17. The Morgan fingerprint density at radius 1 is 1.62 bits per heavy atom. The first-order chi connectivity index (χ1) is 6.31. The van der Waals surface area contributed by atoms with Crippen molar-refractivity contribution in [3.63, 3.8) is 0 Å². The van der Waals surface area contributed by atoms with Gasteiger partial charge in [0.15, 0.2) is 12.3 Å². The second kappa shape index (κ2) is 3.14. The molecule has 0 saturated carbocycles. The van der Waals surface area contributed by atoms with Gasteiger partial charge in [-0.15, -0.1) is 0 Å². The zero-order valence-corrected chi connectivity index (χ0v) is 7.24. The van der Waals surface area contributed by atoms with Gasteiger partial charge >= 0.3 is 0 Å². The van der Waals surface area contributed by atoms with E-state index in [2.05, 4.69) is 25.9 Å². The molecule has 6 nitrogen and oxygen atoms in total. The smallest absolute Gasteiger partial charge is 0.255 e. The normalized spacial score (nSPS) is 31.5. The molecule has 2 aliphatic heterocycles. The Morgan fingerprint density at radius 2 is 2.46 bits per heavy atom. The molecule has 2 heterocycles. The van der Waals surface area contributed by atoms with E-state index in [1.165, 1.54) is 0 Å². The third-order valence-corrected chi connectivity index (χ3v) is 1.97. The van der Waals surface area contributed by atoms with Gasteiger partial charge in [0.05, 0.1) is 6.54 Å². The molecular weight excluding hydrogens is 170 g/mol. The van der Waals surface area contributed by atoms with Crippen LogP contribution in [0.4, 0.5) is 0 Å². The first-order valence-corrected chi connectivity index (χ1v) is 4.11. The molecule has 0 aromatic heterocycles. The second-order valence-electron chi connectivity index (χ2n) is 2.83. The number of carbonyl (C=O) groups is 1. The first kappa shape index (κ1) is 8.18. The number of fused-ring (bicyclic) bond motifs is 1. The van der Waals surface area contributed by atoms with Crippen LogP contribution in [0.5, 0.6) is 0 Å². The lowest BCUT2D eigenvalue weighted by molar-refractivity contribution is -0.122. The van der Waals surface area contributed by atoms with Crippen LogP contribution in [0.25, 0.3) is 0 Å². The average Bonchev–Trinajstić information content (AvgIpc) is 2.18. The molecule has 0 radical (unpaired) electrons. The Bertz CT molecular complexity index is 285. The van der Waals surface area contributed by atoms with Gasteiger partial charge in [0.1, 0.15) is 5.84 Å². The summed E-state index contributed by atoms with van der Waals surface area (Å²) in [5, 5.41) is 8.63. The van der Waals surface area contributed by atoms with E-state index in [4.69, 9.17) is 0 Å². The minimum absolute atomic E-state index is 0.118. The molecule has 2 atom stereocenters. The third-order valence-electron chi connectivity index (χ3n) is 1.97. The van der Waals surface area contributed by atoms with Crippen LogP contribution in [-0.4, -0.2) is 43.9 Å². The van der Waals surface area contributed by atoms with Gasteiger partial charge in [-0.25, -0.2) is 0 Å². The van der Waals surface area contributed by atoms with Crippen LogP contribution in [0.2, 0.25) is 0 Å². The van der Waals surface area contributed by atoms with Gasteiger partial charge in [0, 0.05) is 6.21 Å². The SMILES string of the molecule is CNC1NC(=O)C2N=CCN=C2N1. The fourth-order valence-electron chi connectivity index (χ4n) is 1.31. The molecule has 2 rings (SSSR count). The van der Waals surface area contributed by atoms with Crippen LogP contribution in [0, 0.1) is 0 Å². The average molecular weight is 181 g/mol. The first-order valence-electron chi connectivity index (χ1n) is 4.11. The van der Waals surface area contributed by atoms with Crippen LogP contribution in [0.15, 0.2) is 9.98 Å². The Labute approximate surface area is 75.5 Å². The largest absolute Gasteiger partial charge is 0.339 e. The van der Waals surface area contributed by atoms with Crippen molar-refractivity contribution in [2.24, 2.45) is 9.98 Å². The number of amidine groups is 1. The minimum Gasteiger partial charge on any atom is -0.339 e. The number of hydrogen-bond donors (Lipinski definition) is 3. The maximum atomic E-state index is 11.4. The van der Waals surface area contributed by atoms with Crippen molar-refractivity contribution in [3.8, 4) is 0 Å². The summed E-state index contributed by atoms with van der Waals surface area (Å²) in [6, 6.07) is -0.474. The highest BCUT2D eigenvalue weighted by atomic mass is 16.2. The molecule has 3 N–H and O–H groups in total. The quantitative estimate of drug-likeness (QED) is 0.440. The molecule has 2 aliphatic rings. The standard InChI is InChI=1S/C7H11N5O/c1-8-7-11-5-4(6(13)12-7)9-2-3-10-5/h2,4,7-8H,3H2,1H3,(H,10,11)(H,12,13). The van der Waals surface area contributed by atoms with Crippen LogP contribution in [-0.2, 0) is 4.79 Å². The topological polar surface area (TPSA) is 77.9 Å². The van der Waals surface area contributed by atoms with E-state index in [1.807, 2.05) is 0 Å². The Hall–Kier alpha value is -1.43. The summed E-state index contributed by atoms with van der Waals surface area (Å²) < 4.78 is 0. The second-order valence-corrected chi connectivity index (χ2v) is 2.83. The molecule has 0 spiro atoms. The fourth-order valence-corrected chi connectivity index (χ4v) is 1.31. The van der Waals surface area contributed by atoms with Crippen molar-refractivity contribution < 1.29 is 4.79 Å². The molecule has 0 aromatic carbocycles. The van der Waals surface area contributed by atoms with E-state index in [9.17, 15) is 4.79 Å². The summed E-state index contributed by atoms with van der Waals surface area (Å²) in [5.74, 6) is 0.526. The molecule has 1 fully saturated rings. The lowest BCUT2D eigenvalue weighted by Gasteiger charge is -2.31. The maximum Gasteiger partial charge on any atom is 0.255 e. The number of amides is 1. The van der Waals surface area contributed by atoms with Crippen molar-refractivity contribution in [2.45, 2.75) is 12.3 Å². The van der Waals surface area contributed by atoms with E-state index >= 15 is 0 Å². The van der Waals surface area contributed by atoms with E-state index < -0.39 is 6.04 Å². The zero-order valence-electron chi connectivity index (χ0n) is 7.24. The highest BCUT2D eigenvalue weighted by Crippen LogP contribution is 2.03. The summed E-state index contributed by atoms with van der Waals surface area (Å²) in [6.45, 7) is 0.544. The molecule has 6 heteroatoms. The number of carbonyl (C=O) groups excluding carboxylic acids is 1. The Kier molecular flexibility index (Phi) is 1.97. The van der Waals surface area contributed by atoms with Gasteiger partial charge in [-0.05, 0) is 7.05 Å². The molecule has 0 bridgehead atoms. The van der Waals surface area contributed by atoms with Crippen LogP contribution >= 0.6 is 0 Å². The molecular formula is C7H11N5O. The van der Waals surface area contributed by atoms with E-state index in [0.29, 0.717) is 12.4 Å². The van der Waals surface area contributed by atoms with Gasteiger partial charge in [0.25, 0.3) is 5.91 Å². The number of nitrogens with zero attached hydrogens (tertiary/aromatic N) is 2. The summed E-state index contributed by atoms with van der Waals surface area (Å²) in [7, 11) is 1.75. The maximum absolute atomic E-state index is 11.4. The number of aliphatic imine (C=N–C) groups is 2. The van der Waals surface area contributed by atoms with Crippen LogP contribution < -0.4 is 16.0 Å². The van der Waals surface area contributed by atoms with Gasteiger partial charge in [-0.2, -0.15) is 0 Å². The molecule has 1 amide bonds. The monoisotopic (exact) mass is 181 g/mol. The zero-order chi connectivity index (χ0) is 9.26. The van der Waals surface area contributed by atoms with Crippen molar-refractivity contribution in [2.75, 3.05) is 13.6 Å². The minimum atomic E-state index is -0.474.